The number of alkyl halides is 1. The Morgan fingerprint density at radius 2 is 2.12 bits per heavy atom. The SMILES string of the molecule is CC(C)(C)OC(=O)N[C@@H](Cc1ccc2ncccc2c1)C(O)CCl. The molecule has 6 heteroatoms. The minimum atomic E-state index is -0.871. The van der Waals surface area contributed by atoms with Crippen molar-refractivity contribution in [3.8, 4) is 0 Å². The number of aliphatic hydroxyl groups excluding tert-OH is 1. The number of alkyl carbamates (subject to hydrolysis) is 1. The molecular formula is C18H23ClN2O3. The zero-order valence-corrected chi connectivity index (χ0v) is 14.9. The van der Waals surface area contributed by atoms with Crippen LogP contribution in [-0.2, 0) is 11.2 Å². The Kier molecular flexibility index (Phi) is 6.02. The van der Waals surface area contributed by atoms with Crippen molar-refractivity contribution < 1.29 is 14.6 Å². The van der Waals surface area contributed by atoms with Crippen LogP contribution in [0.4, 0.5) is 4.79 Å². The highest BCUT2D eigenvalue weighted by atomic mass is 35.5. The van der Waals surface area contributed by atoms with Crippen molar-refractivity contribution in [2.75, 3.05) is 5.88 Å². The summed E-state index contributed by atoms with van der Waals surface area (Å²) in [7, 11) is 0. The first-order chi connectivity index (χ1) is 11.3. The standard InChI is InChI=1S/C18H23ClN2O3/c1-18(2,3)24-17(23)21-15(16(22)11-19)10-12-6-7-14-13(9-12)5-4-8-20-14/h4-9,15-16,22H,10-11H2,1-3H3,(H,21,23)/t15-,16?/m0/s1. The molecule has 24 heavy (non-hydrogen) atoms. The van der Waals surface area contributed by atoms with Crippen LogP contribution >= 0.6 is 11.6 Å². The molecule has 1 aromatic heterocycles. The quantitative estimate of drug-likeness (QED) is 0.812. The van der Waals surface area contributed by atoms with E-state index in [1.54, 1.807) is 27.0 Å². The number of nitrogens with one attached hydrogen (secondary N) is 1. The number of nitrogens with zero attached hydrogens (tertiary/aromatic N) is 1. The molecule has 0 spiro atoms. The van der Waals surface area contributed by atoms with Gasteiger partial charge in [0, 0.05) is 11.6 Å². The summed E-state index contributed by atoms with van der Waals surface area (Å²) >= 11 is 5.77. The number of hydrogen-bond acceptors (Lipinski definition) is 4. The Morgan fingerprint density at radius 3 is 2.79 bits per heavy atom. The molecule has 0 saturated carbocycles. The molecule has 2 atom stereocenters. The smallest absolute Gasteiger partial charge is 0.407 e. The number of amides is 1. The van der Waals surface area contributed by atoms with E-state index in [9.17, 15) is 9.90 Å². The van der Waals surface area contributed by atoms with E-state index < -0.39 is 23.8 Å². The van der Waals surface area contributed by atoms with Gasteiger partial charge in [-0.3, -0.25) is 4.98 Å². The molecule has 1 unspecified atom stereocenters. The van der Waals surface area contributed by atoms with Gasteiger partial charge >= 0.3 is 6.09 Å². The van der Waals surface area contributed by atoms with Gasteiger partial charge in [0.25, 0.3) is 0 Å². The number of carbonyl (C=O) groups excluding carboxylic acids is 1. The molecule has 1 heterocycles. The van der Waals surface area contributed by atoms with Crippen LogP contribution in [-0.4, -0.2) is 39.8 Å². The van der Waals surface area contributed by atoms with Gasteiger partial charge in [0.15, 0.2) is 0 Å². The lowest BCUT2D eigenvalue weighted by molar-refractivity contribution is 0.0440. The maximum absolute atomic E-state index is 12.0. The van der Waals surface area contributed by atoms with Gasteiger partial charge in [0.05, 0.1) is 23.5 Å². The molecule has 1 aromatic carbocycles. The van der Waals surface area contributed by atoms with Crippen molar-refractivity contribution in [3.63, 3.8) is 0 Å². The van der Waals surface area contributed by atoms with E-state index >= 15 is 0 Å². The summed E-state index contributed by atoms with van der Waals surface area (Å²) in [5.41, 5.74) is 1.27. The first-order valence-electron chi connectivity index (χ1n) is 7.86. The lowest BCUT2D eigenvalue weighted by Crippen LogP contribution is -2.47. The lowest BCUT2D eigenvalue weighted by atomic mass is 10.0. The second kappa shape index (κ2) is 7.81. The summed E-state index contributed by atoms with van der Waals surface area (Å²) in [6, 6.07) is 9.15. The largest absolute Gasteiger partial charge is 0.444 e. The van der Waals surface area contributed by atoms with E-state index in [2.05, 4.69) is 10.3 Å². The van der Waals surface area contributed by atoms with E-state index in [0.29, 0.717) is 6.42 Å². The van der Waals surface area contributed by atoms with Crippen LogP contribution in [0.25, 0.3) is 10.9 Å². The summed E-state index contributed by atoms with van der Waals surface area (Å²) in [4.78, 5) is 16.3. The van der Waals surface area contributed by atoms with Gasteiger partial charge in [-0.25, -0.2) is 4.79 Å². The molecule has 0 saturated heterocycles. The molecule has 0 bridgehead atoms. The summed E-state index contributed by atoms with van der Waals surface area (Å²) in [5, 5.41) is 13.8. The van der Waals surface area contributed by atoms with Crippen molar-refractivity contribution in [1.82, 2.24) is 10.3 Å². The number of aliphatic hydroxyl groups is 1. The van der Waals surface area contributed by atoms with Gasteiger partial charge in [0.1, 0.15) is 5.60 Å². The number of hydrogen-bond donors (Lipinski definition) is 2. The fraction of sp³-hybridized carbons (Fsp3) is 0.444. The average Bonchev–Trinajstić information content (AvgIpc) is 2.51. The van der Waals surface area contributed by atoms with Crippen LogP contribution in [0.15, 0.2) is 36.5 Å². The zero-order valence-electron chi connectivity index (χ0n) is 14.1. The van der Waals surface area contributed by atoms with Gasteiger partial charge in [-0.05, 0) is 51.0 Å². The topological polar surface area (TPSA) is 71.5 Å². The van der Waals surface area contributed by atoms with Crippen molar-refractivity contribution in [2.24, 2.45) is 0 Å². The second-order valence-electron chi connectivity index (χ2n) is 6.71. The number of halogens is 1. The van der Waals surface area contributed by atoms with Gasteiger partial charge in [-0.15, -0.1) is 11.6 Å². The lowest BCUT2D eigenvalue weighted by Gasteiger charge is -2.26. The third kappa shape index (κ3) is 5.35. The van der Waals surface area contributed by atoms with Crippen LogP contribution in [0.3, 0.4) is 0 Å². The zero-order chi connectivity index (χ0) is 17.7. The highest BCUT2D eigenvalue weighted by molar-refractivity contribution is 6.18. The summed E-state index contributed by atoms with van der Waals surface area (Å²) in [6.45, 7) is 5.36. The van der Waals surface area contributed by atoms with Crippen molar-refractivity contribution >= 4 is 28.6 Å². The minimum Gasteiger partial charge on any atom is -0.444 e. The van der Waals surface area contributed by atoms with Crippen LogP contribution in [0, 0.1) is 0 Å². The van der Waals surface area contributed by atoms with E-state index in [4.69, 9.17) is 16.3 Å². The summed E-state index contributed by atoms with van der Waals surface area (Å²) in [5.74, 6) is 0.0234. The maximum atomic E-state index is 12.0. The predicted molar refractivity (Wildman–Crippen MR) is 95.3 cm³/mol. The maximum Gasteiger partial charge on any atom is 0.407 e. The van der Waals surface area contributed by atoms with Crippen molar-refractivity contribution in [1.29, 1.82) is 0 Å². The number of aromatic nitrogens is 1. The van der Waals surface area contributed by atoms with E-state index in [-0.39, 0.29) is 5.88 Å². The summed E-state index contributed by atoms with van der Waals surface area (Å²) < 4.78 is 5.26. The molecule has 0 radical (unpaired) electrons. The Morgan fingerprint density at radius 1 is 1.38 bits per heavy atom. The number of ether oxygens (including phenoxy) is 1. The number of carbonyl (C=O) groups is 1. The number of pyridine rings is 1. The Hall–Kier alpha value is -1.85. The predicted octanol–water partition coefficient (Wildman–Crippen LogP) is 3.27. The summed E-state index contributed by atoms with van der Waals surface area (Å²) in [6.07, 6.45) is 0.743. The van der Waals surface area contributed by atoms with Crippen LogP contribution in [0.2, 0.25) is 0 Å². The molecule has 2 N–H and O–H groups in total. The van der Waals surface area contributed by atoms with Crippen LogP contribution in [0.1, 0.15) is 26.3 Å². The molecule has 0 fully saturated rings. The molecule has 5 nitrogen and oxygen atoms in total. The van der Waals surface area contributed by atoms with Gasteiger partial charge < -0.3 is 15.2 Å². The first-order valence-corrected chi connectivity index (χ1v) is 8.39. The monoisotopic (exact) mass is 350 g/mol. The van der Waals surface area contributed by atoms with Crippen molar-refractivity contribution in [3.05, 3.63) is 42.1 Å². The highest BCUT2D eigenvalue weighted by Crippen LogP contribution is 2.16. The van der Waals surface area contributed by atoms with E-state index in [1.165, 1.54) is 0 Å². The van der Waals surface area contributed by atoms with E-state index in [1.807, 2.05) is 30.3 Å². The minimum absolute atomic E-state index is 0.0234. The molecule has 2 rings (SSSR count). The van der Waals surface area contributed by atoms with Gasteiger partial charge in [-0.1, -0.05) is 12.1 Å². The van der Waals surface area contributed by atoms with E-state index in [0.717, 1.165) is 16.5 Å². The number of benzene rings is 1. The Balaban J connectivity index is 2.13. The molecule has 0 aliphatic heterocycles. The fourth-order valence-corrected chi connectivity index (χ4v) is 2.57. The Bertz CT molecular complexity index is 700. The second-order valence-corrected chi connectivity index (χ2v) is 7.02. The third-order valence-electron chi connectivity index (χ3n) is 3.45. The molecule has 0 aliphatic rings. The molecule has 2 aromatic rings. The molecule has 130 valence electrons. The first kappa shape index (κ1) is 18.5. The average molecular weight is 351 g/mol. The van der Waals surface area contributed by atoms with Crippen LogP contribution in [0.5, 0.6) is 0 Å². The van der Waals surface area contributed by atoms with Crippen molar-refractivity contribution in [2.45, 2.75) is 44.9 Å². The van der Waals surface area contributed by atoms with Gasteiger partial charge in [-0.2, -0.15) is 0 Å². The molecule has 0 aliphatic carbocycles. The fourth-order valence-electron chi connectivity index (χ4n) is 2.36. The highest BCUT2D eigenvalue weighted by Gasteiger charge is 2.24. The van der Waals surface area contributed by atoms with Gasteiger partial charge in [0.2, 0.25) is 0 Å². The number of fused-ring (bicyclic) bond motifs is 1. The normalized spacial score (nSPS) is 14.2. The molecular weight excluding hydrogens is 328 g/mol. The molecule has 1 amide bonds. The van der Waals surface area contributed by atoms with Crippen LogP contribution < -0.4 is 5.32 Å². The Labute approximate surface area is 147 Å². The number of rotatable bonds is 5. The third-order valence-corrected chi connectivity index (χ3v) is 3.76.